The van der Waals surface area contributed by atoms with Crippen LogP contribution in [0.15, 0.2) is 55.0 Å². The molecule has 0 fully saturated rings. The zero-order valence-corrected chi connectivity index (χ0v) is 16.6. The van der Waals surface area contributed by atoms with Crippen LogP contribution in [0.2, 0.25) is 0 Å². The molecule has 0 aliphatic rings. The SMILES string of the molecule is Cc1cc(/C=C/N)cc(C)c1-c1cc(F)cc2cnc(Nc3ccc(N)cn3)nc12. The molecule has 6 nitrogen and oxygen atoms in total. The van der Waals surface area contributed by atoms with Crippen LogP contribution in [0.25, 0.3) is 28.1 Å². The Labute approximate surface area is 173 Å². The summed E-state index contributed by atoms with van der Waals surface area (Å²) >= 11 is 0. The third-order valence-electron chi connectivity index (χ3n) is 4.79. The Bertz CT molecular complexity index is 1240. The predicted octanol–water partition coefficient (Wildman–Crippen LogP) is 4.70. The van der Waals surface area contributed by atoms with Crippen molar-refractivity contribution in [1.29, 1.82) is 0 Å². The molecule has 7 heteroatoms. The third-order valence-corrected chi connectivity index (χ3v) is 4.79. The Morgan fingerprint density at radius 2 is 1.77 bits per heavy atom. The molecule has 0 amide bonds. The molecule has 30 heavy (non-hydrogen) atoms. The van der Waals surface area contributed by atoms with E-state index in [1.54, 1.807) is 24.5 Å². The Morgan fingerprint density at radius 1 is 1.00 bits per heavy atom. The van der Waals surface area contributed by atoms with Crippen molar-refractivity contribution in [2.75, 3.05) is 11.1 Å². The number of nitrogen functional groups attached to an aromatic ring is 1. The first-order valence-corrected chi connectivity index (χ1v) is 9.39. The van der Waals surface area contributed by atoms with Crippen molar-refractivity contribution < 1.29 is 4.39 Å². The molecule has 0 saturated heterocycles. The largest absolute Gasteiger partial charge is 0.405 e. The zero-order valence-electron chi connectivity index (χ0n) is 16.6. The first kappa shape index (κ1) is 19.3. The molecule has 0 spiro atoms. The average molecular weight is 400 g/mol. The molecule has 5 N–H and O–H groups in total. The van der Waals surface area contributed by atoms with E-state index in [0.717, 1.165) is 22.3 Å². The summed E-state index contributed by atoms with van der Waals surface area (Å²) in [6.07, 6.45) is 6.48. The predicted molar refractivity (Wildman–Crippen MR) is 120 cm³/mol. The van der Waals surface area contributed by atoms with E-state index >= 15 is 0 Å². The highest BCUT2D eigenvalue weighted by Crippen LogP contribution is 2.34. The smallest absolute Gasteiger partial charge is 0.228 e. The second kappa shape index (κ2) is 7.79. The maximum Gasteiger partial charge on any atom is 0.228 e. The van der Waals surface area contributed by atoms with Gasteiger partial charge in [0.2, 0.25) is 5.95 Å². The number of benzene rings is 2. The van der Waals surface area contributed by atoms with E-state index in [9.17, 15) is 4.39 Å². The molecular weight excluding hydrogens is 379 g/mol. The van der Waals surface area contributed by atoms with Crippen LogP contribution in [0, 0.1) is 19.7 Å². The van der Waals surface area contributed by atoms with Crippen molar-refractivity contribution >= 4 is 34.4 Å². The van der Waals surface area contributed by atoms with E-state index in [0.29, 0.717) is 33.9 Å². The summed E-state index contributed by atoms with van der Waals surface area (Å²) in [6.45, 7) is 3.98. The van der Waals surface area contributed by atoms with Crippen LogP contribution in [-0.4, -0.2) is 15.0 Å². The van der Waals surface area contributed by atoms with Crippen LogP contribution in [0.5, 0.6) is 0 Å². The lowest BCUT2D eigenvalue weighted by Gasteiger charge is -2.15. The van der Waals surface area contributed by atoms with Gasteiger partial charge < -0.3 is 16.8 Å². The number of hydrogen-bond acceptors (Lipinski definition) is 6. The molecule has 150 valence electrons. The molecule has 0 atom stereocenters. The zero-order chi connectivity index (χ0) is 21.3. The highest BCUT2D eigenvalue weighted by Gasteiger charge is 2.15. The van der Waals surface area contributed by atoms with E-state index < -0.39 is 0 Å². The lowest BCUT2D eigenvalue weighted by atomic mass is 9.92. The second-order valence-corrected chi connectivity index (χ2v) is 7.08. The minimum absolute atomic E-state index is 0.341. The molecule has 2 heterocycles. The maximum atomic E-state index is 14.4. The fourth-order valence-corrected chi connectivity index (χ4v) is 3.58. The van der Waals surface area contributed by atoms with Gasteiger partial charge >= 0.3 is 0 Å². The van der Waals surface area contributed by atoms with E-state index in [-0.39, 0.29) is 5.82 Å². The molecule has 2 aromatic carbocycles. The van der Waals surface area contributed by atoms with Crippen molar-refractivity contribution in [3.8, 4) is 11.1 Å². The van der Waals surface area contributed by atoms with Crippen LogP contribution >= 0.6 is 0 Å². The third kappa shape index (κ3) is 3.77. The van der Waals surface area contributed by atoms with E-state index in [1.807, 2.05) is 32.1 Å². The van der Waals surface area contributed by atoms with Gasteiger partial charge in [0.1, 0.15) is 11.6 Å². The normalized spacial score (nSPS) is 11.3. The average Bonchev–Trinajstić information content (AvgIpc) is 2.70. The van der Waals surface area contributed by atoms with Crippen molar-refractivity contribution in [2.24, 2.45) is 5.73 Å². The minimum atomic E-state index is -0.341. The van der Waals surface area contributed by atoms with Gasteiger partial charge in [0.05, 0.1) is 17.4 Å². The van der Waals surface area contributed by atoms with Gasteiger partial charge in [-0.3, -0.25) is 0 Å². The first-order chi connectivity index (χ1) is 14.4. The number of rotatable bonds is 4. The number of fused-ring (bicyclic) bond motifs is 1. The number of nitrogens with one attached hydrogen (secondary N) is 1. The molecule has 0 aliphatic heterocycles. The molecular formula is C23H21FN6. The molecule has 0 aliphatic carbocycles. The van der Waals surface area contributed by atoms with Gasteiger partial charge in [0.25, 0.3) is 0 Å². The number of halogens is 1. The Kier molecular flexibility index (Phi) is 5.02. The fourth-order valence-electron chi connectivity index (χ4n) is 3.58. The number of anilines is 3. The van der Waals surface area contributed by atoms with Crippen molar-refractivity contribution in [3.05, 3.63) is 77.5 Å². The van der Waals surface area contributed by atoms with Gasteiger partial charge in [-0.15, -0.1) is 0 Å². The summed E-state index contributed by atoms with van der Waals surface area (Å²) in [6, 6.07) is 10.4. The molecule has 2 aromatic heterocycles. The second-order valence-electron chi connectivity index (χ2n) is 7.08. The summed E-state index contributed by atoms with van der Waals surface area (Å²) in [5.41, 5.74) is 17.1. The minimum Gasteiger partial charge on any atom is -0.405 e. The van der Waals surface area contributed by atoms with Crippen LogP contribution in [0.3, 0.4) is 0 Å². The van der Waals surface area contributed by atoms with Gasteiger partial charge in [0.15, 0.2) is 0 Å². The lowest BCUT2D eigenvalue weighted by Crippen LogP contribution is -2.01. The van der Waals surface area contributed by atoms with E-state index in [2.05, 4.69) is 20.3 Å². The molecule has 4 rings (SSSR count). The summed E-state index contributed by atoms with van der Waals surface area (Å²) < 4.78 is 14.4. The number of pyridine rings is 1. The Balaban J connectivity index is 1.86. The van der Waals surface area contributed by atoms with E-state index in [1.165, 1.54) is 18.3 Å². The molecule has 0 saturated carbocycles. The van der Waals surface area contributed by atoms with Crippen molar-refractivity contribution in [2.45, 2.75) is 13.8 Å². The summed E-state index contributed by atoms with van der Waals surface area (Å²) in [4.78, 5) is 13.2. The molecule has 0 radical (unpaired) electrons. The molecule has 0 unspecified atom stereocenters. The van der Waals surface area contributed by atoms with Crippen LogP contribution < -0.4 is 16.8 Å². The number of aryl methyl sites for hydroxylation is 2. The topological polar surface area (TPSA) is 103 Å². The lowest BCUT2D eigenvalue weighted by molar-refractivity contribution is 0.630. The maximum absolute atomic E-state index is 14.4. The highest BCUT2D eigenvalue weighted by atomic mass is 19.1. The monoisotopic (exact) mass is 400 g/mol. The van der Waals surface area contributed by atoms with Crippen LogP contribution in [0.4, 0.5) is 21.8 Å². The van der Waals surface area contributed by atoms with Crippen LogP contribution in [0.1, 0.15) is 16.7 Å². The molecule has 4 aromatic rings. The standard InChI is InChI=1S/C23H21FN6/c1-13-7-15(5-6-25)8-14(2)21(13)19-10-17(24)9-16-11-28-23(30-22(16)19)29-20-4-3-18(26)12-27-20/h3-12H,25-26H2,1-2H3,(H,27,28,29,30)/b6-5+. The highest BCUT2D eigenvalue weighted by molar-refractivity contribution is 5.95. The van der Waals surface area contributed by atoms with Crippen LogP contribution in [-0.2, 0) is 0 Å². The number of nitrogens with zero attached hydrogens (tertiary/aromatic N) is 3. The summed E-state index contributed by atoms with van der Waals surface area (Å²) in [5.74, 6) is 0.592. The Morgan fingerprint density at radius 3 is 2.43 bits per heavy atom. The number of aromatic nitrogens is 3. The van der Waals surface area contributed by atoms with Crippen molar-refractivity contribution in [3.63, 3.8) is 0 Å². The number of nitrogens with two attached hydrogens (primary N) is 2. The van der Waals surface area contributed by atoms with Gasteiger partial charge in [-0.25, -0.2) is 19.3 Å². The van der Waals surface area contributed by atoms with Gasteiger partial charge in [0, 0.05) is 17.1 Å². The Hall–Kier alpha value is -4.00. The molecule has 0 bridgehead atoms. The van der Waals surface area contributed by atoms with E-state index in [4.69, 9.17) is 11.5 Å². The number of hydrogen-bond donors (Lipinski definition) is 3. The fraction of sp³-hybridized carbons (Fsp3) is 0.0870. The van der Waals surface area contributed by atoms with Gasteiger partial charge in [-0.1, -0.05) is 12.1 Å². The summed E-state index contributed by atoms with van der Waals surface area (Å²) in [5, 5.41) is 3.68. The van der Waals surface area contributed by atoms with Crippen molar-refractivity contribution in [1.82, 2.24) is 15.0 Å². The first-order valence-electron chi connectivity index (χ1n) is 9.39. The van der Waals surface area contributed by atoms with Gasteiger partial charge in [-0.05, 0) is 72.6 Å². The van der Waals surface area contributed by atoms with Gasteiger partial charge in [-0.2, -0.15) is 0 Å². The summed E-state index contributed by atoms with van der Waals surface area (Å²) in [7, 11) is 0. The quantitative estimate of drug-likeness (QED) is 0.459.